The van der Waals surface area contributed by atoms with E-state index < -0.39 is 10.4 Å². The molecule has 1 amide bonds. The van der Waals surface area contributed by atoms with Gasteiger partial charge in [0, 0.05) is 23.4 Å². The van der Waals surface area contributed by atoms with Gasteiger partial charge in [-0.2, -0.15) is 0 Å². The van der Waals surface area contributed by atoms with Crippen LogP contribution in [0.2, 0.25) is 0 Å². The Labute approximate surface area is 115 Å². The summed E-state index contributed by atoms with van der Waals surface area (Å²) >= 11 is 0. The second-order valence-electron chi connectivity index (χ2n) is 1.51. The summed E-state index contributed by atoms with van der Waals surface area (Å²) in [5, 5.41) is 2.57. The van der Waals surface area contributed by atoms with Gasteiger partial charge in [-0.3, -0.25) is 13.2 Å². The third-order valence-electron chi connectivity index (χ3n) is 0.674. The van der Waals surface area contributed by atoms with Crippen molar-refractivity contribution in [2.24, 2.45) is 0 Å². The van der Waals surface area contributed by atoms with E-state index in [1.165, 1.54) is 0 Å². The zero-order chi connectivity index (χ0) is 8.20. The molecular formula is C3H5NNa2O5S. The van der Waals surface area contributed by atoms with E-state index in [4.69, 9.17) is 17.5 Å². The van der Waals surface area contributed by atoms with Crippen molar-refractivity contribution < 1.29 is 81.4 Å². The van der Waals surface area contributed by atoms with E-state index in [2.05, 4.69) is 5.32 Å². The summed E-state index contributed by atoms with van der Waals surface area (Å²) in [7, 11) is -5.17. The molecule has 0 spiro atoms. The van der Waals surface area contributed by atoms with Crippen LogP contribution < -0.4 is 64.4 Å². The third-order valence-corrected chi connectivity index (χ3v) is 0.674. The van der Waals surface area contributed by atoms with E-state index in [9.17, 15) is 4.79 Å². The molecule has 1 fully saturated rings. The molecule has 12 heavy (non-hydrogen) atoms. The predicted octanol–water partition coefficient (Wildman–Crippen LogP) is -7.82. The average Bonchev–Trinajstić information content (AvgIpc) is 1.56. The quantitative estimate of drug-likeness (QED) is 0.186. The Morgan fingerprint density at radius 1 is 1.25 bits per heavy atom. The van der Waals surface area contributed by atoms with Gasteiger partial charge in [0.2, 0.25) is 5.91 Å². The number of carbonyl (C=O) groups is 1. The first kappa shape index (κ1) is 19.0. The summed E-state index contributed by atoms with van der Waals surface area (Å²) in [6.45, 7) is 0.888. The Morgan fingerprint density at radius 2 is 1.42 bits per heavy atom. The van der Waals surface area contributed by atoms with Gasteiger partial charge in [-0.05, 0) is 0 Å². The van der Waals surface area contributed by atoms with Crippen molar-refractivity contribution in [3.8, 4) is 0 Å². The SMILES string of the molecule is O=C1CCN1.O=S(=O)([O-])[O-].[Na+].[Na+]. The largest absolute Gasteiger partial charge is 1.00 e. The van der Waals surface area contributed by atoms with Crippen molar-refractivity contribution in [3.05, 3.63) is 0 Å². The van der Waals surface area contributed by atoms with Gasteiger partial charge in [0.15, 0.2) is 0 Å². The van der Waals surface area contributed by atoms with E-state index in [1.807, 2.05) is 0 Å². The first-order valence-electron chi connectivity index (χ1n) is 2.33. The number of rotatable bonds is 0. The van der Waals surface area contributed by atoms with Crippen LogP contribution in [-0.4, -0.2) is 30.0 Å². The zero-order valence-electron chi connectivity index (χ0n) is 6.86. The standard InChI is InChI=1S/C3H5NO.2Na.H2O4S/c5-3-1-2-4-3;;;1-5(2,3)4/h1-2H2,(H,4,5);;;(H2,1,2,3,4)/q;2*+1;/p-2. The summed E-state index contributed by atoms with van der Waals surface area (Å²) in [6.07, 6.45) is 0.736. The number of β-lactam (4-membered cyclic amide) rings is 1. The molecule has 0 aromatic carbocycles. The summed E-state index contributed by atoms with van der Waals surface area (Å²) in [4.78, 5) is 9.79. The normalized spacial score (nSPS) is 13.3. The van der Waals surface area contributed by atoms with Crippen LogP contribution >= 0.6 is 0 Å². The van der Waals surface area contributed by atoms with Crippen LogP contribution in [0.5, 0.6) is 0 Å². The summed E-state index contributed by atoms with van der Waals surface area (Å²) in [5.41, 5.74) is 0. The molecule has 1 rings (SSSR count). The molecule has 1 saturated heterocycles. The molecule has 6 nitrogen and oxygen atoms in total. The minimum absolute atomic E-state index is 0. The van der Waals surface area contributed by atoms with Crippen LogP contribution in [-0.2, 0) is 15.2 Å². The minimum atomic E-state index is -5.17. The second-order valence-corrected chi connectivity index (χ2v) is 2.32. The molecule has 1 aliphatic rings. The Morgan fingerprint density at radius 3 is 1.42 bits per heavy atom. The molecule has 0 radical (unpaired) electrons. The van der Waals surface area contributed by atoms with Gasteiger partial charge in [0.1, 0.15) is 0 Å². The van der Waals surface area contributed by atoms with Gasteiger partial charge >= 0.3 is 59.1 Å². The molecule has 0 bridgehead atoms. The predicted molar refractivity (Wildman–Crippen MR) is 28.1 cm³/mol. The van der Waals surface area contributed by atoms with Gasteiger partial charge in [-0.15, -0.1) is 0 Å². The first-order valence-corrected chi connectivity index (χ1v) is 3.66. The maximum Gasteiger partial charge on any atom is 1.00 e. The summed E-state index contributed by atoms with van der Waals surface area (Å²) in [6, 6.07) is 0. The monoisotopic (exact) mass is 213 g/mol. The third kappa shape index (κ3) is 22.5. The van der Waals surface area contributed by atoms with Crippen molar-refractivity contribution in [1.29, 1.82) is 0 Å². The van der Waals surface area contributed by atoms with Crippen LogP contribution in [0.15, 0.2) is 0 Å². The molecule has 0 aliphatic carbocycles. The molecule has 1 N–H and O–H groups in total. The van der Waals surface area contributed by atoms with Gasteiger partial charge in [-0.25, -0.2) is 0 Å². The zero-order valence-corrected chi connectivity index (χ0v) is 11.7. The molecule has 0 atom stereocenters. The number of carbonyl (C=O) groups excluding carboxylic acids is 1. The molecule has 60 valence electrons. The van der Waals surface area contributed by atoms with Gasteiger partial charge < -0.3 is 14.4 Å². The van der Waals surface area contributed by atoms with Crippen LogP contribution in [0, 0.1) is 0 Å². The molecule has 1 heterocycles. The Hall–Kier alpha value is 1.34. The van der Waals surface area contributed by atoms with E-state index >= 15 is 0 Å². The Balaban J connectivity index is -0.000000116. The van der Waals surface area contributed by atoms with Crippen molar-refractivity contribution >= 4 is 16.3 Å². The molecule has 1 aliphatic heterocycles. The smallest absolute Gasteiger partial charge is 0.759 e. The van der Waals surface area contributed by atoms with Crippen LogP contribution in [0.1, 0.15) is 6.42 Å². The van der Waals surface area contributed by atoms with Gasteiger partial charge in [0.05, 0.1) is 0 Å². The molecule has 0 saturated carbocycles. The number of hydrogen-bond acceptors (Lipinski definition) is 5. The second kappa shape index (κ2) is 8.92. The fourth-order valence-corrected chi connectivity index (χ4v) is 0.227. The summed E-state index contributed by atoms with van der Waals surface area (Å²) < 4.78 is 34.1. The number of nitrogens with one attached hydrogen (secondary N) is 1. The average molecular weight is 213 g/mol. The Bertz CT molecular complexity index is 201. The van der Waals surface area contributed by atoms with Gasteiger partial charge in [-0.1, -0.05) is 0 Å². The van der Waals surface area contributed by atoms with Crippen molar-refractivity contribution in [1.82, 2.24) is 5.32 Å². The topological polar surface area (TPSA) is 109 Å². The molecule has 0 aromatic heterocycles. The maximum atomic E-state index is 9.79. The molecule has 0 aromatic rings. The van der Waals surface area contributed by atoms with Crippen LogP contribution in [0.25, 0.3) is 0 Å². The van der Waals surface area contributed by atoms with Gasteiger partial charge in [0.25, 0.3) is 0 Å². The fraction of sp³-hybridized carbons (Fsp3) is 0.667. The number of hydrogen-bond donors (Lipinski definition) is 1. The number of amides is 1. The molecule has 0 unspecified atom stereocenters. The van der Waals surface area contributed by atoms with Crippen molar-refractivity contribution in [2.75, 3.05) is 6.54 Å². The van der Waals surface area contributed by atoms with Crippen LogP contribution in [0.4, 0.5) is 0 Å². The van der Waals surface area contributed by atoms with E-state index in [0.717, 1.165) is 13.0 Å². The van der Waals surface area contributed by atoms with E-state index in [0.29, 0.717) is 0 Å². The maximum absolute atomic E-state index is 9.79. The van der Waals surface area contributed by atoms with Crippen molar-refractivity contribution in [2.45, 2.75) is 6.42 Å². The minimum Gasteiger partial charge on any atom is -0.759 e. The fourth-order valence-electron chi connectivity index (χ4n) is 0.227. The van der Waals surface area contributed by atoms with E-state index in [-0.39, 0.29) is 65.0 Å². The van der Waals surface area contributed by atoms with Crippen molar-refractivity contribution in [3.63, 3.8) is 0 Å². The molecule has 9 heteroatoms. The molecular weight excluding hydrogens is 208 g/mol. The Kier molecular flexibility index (Phi) is 14.1. The van der Waals surface area contributed by atoms with E-state index in [1.54, 1.807) is 0 Å². The van der Waals surface area contributed by atoms with Crippen LogP contribution in [0.3, 0.4) is 0 Å². The summed E-state index contributed by atoms with van der Waals surface area (Å²) in [5.74, 6) is 0.185. The first-order chi connectivity index (χ1) is 4.39.